The summed E-state index contributed by atoms with van der Waals surface area (Å²) in [4.78, 5) is 48.8. The van der Waals surface area contributed by atoms with E-state index in [1.165, 1.54) is 0 Å². The van der Waals surface area contributed by atoms with Gasteiger partial charge in [-0.2, -0.15) is 0 Å². The Bertz CT molecular complexity index is 3420. The molecule has 88 heavy (non-hydrogen) atoms. The first-order chi connectivity index (χ1) is 42.1. The van der Waals surface area contributed by atoms with E-state index in [0.717, 1.165) is 74.0 Å². The fourth-order valence-corrected chi connectivity index (χ4v) is 7.24. The van der Waals surface area contributed by atoms with E-state index in [2.05, 4.69) is 72.9 Å². The van der Waals surface area contributed by atoms with E-state index in [-0.39, 0.29) is 46.2 Å². The summed E-state index contributed by atoms with van der Waals surface area (Å²) >= 11 is 0. The number of nitrogens with zero attached hydrogens (tertiary/aromatic N) is 6. The van der Waals surface area contributed by atoms with Gasteiger partial charge in [-0.05, 0) is 97.8 Å². The first kappa shape index (κ1) is 69.0. The van der Waals surface area contributed by atoms with Crippen molar-refractivity contribution in [2.24, 2.45) is 5.41 Å². The molecule has 0 spiro atoms. The number of hydrogen-bond acceptors (Lipinski definition) is 10. The van der Waals surface area contributed by atoms with Crippen LogP contribution in [0.5, 0.6) is 11.5 Å². The molecule has 6 heterocycles. The summed E-state index contributed by atoms with van der Waals surface area (Å²) < 4.78 is 10.6. The van der Waals surface area contributed by atoms with Crippen LogP contribution in [0, 0.1) is 41.8 Å². The van der Waals surface area contributed by atoms with E-state index in [0.29, 0.717) is 17.1 Å². The normalized spacial score (nSPS) is 9.82. The second-order valence-electron chi connectivity index (χ2n) is 19.1. The molecule has 12 heteroatoms. The maximum atomic E-state index is 12.1. The molecule has 6 aromatic carbocycles. The van der Waals surface area contributed by atoms with Gasteiger partial charge >= 0.3 is 52.1 Å². The molecule has 12 aromatic rings. The van der Waals surface area contributed by atoms with Gasteiger partial charge in [-0.15, -0.1) is 203 Å². The van der Waals surface area contributed by atoms with Crippen molar-refractivity contribution in [1.29, 1.82) is 0 Å². The van der Waals surface area contributed by atoms with E-state index < -0.39 is 11.4 Å². The molecule has 12 rings (SSSR count). The molecule has 0 saturated heterocycles. The van der Waals surface area contributed by atoms with Gasteiger partial charge in [-0.25, -0.2) is 4.79 Å². The summed E-state index contributed by atoms with van der Waals surface area (Å²) in [6.07, 6.45) is 11.3. The number of ether oxygens (including phenoxy) is 2. The first-order valence-corrected chi connectivity index (χ1v) is 27.5. The zero-order valence-electron chi connectivity index (χ0n) is 49.0. The predicted octanol–water partition coefficient (Wildman–Crippen LogP) is 17.1. The van der Waals surface area contributed by atoms with Gasteiger partial charge in [0.1, 0.15) is 0 Å². The molecule has 0 saturated carbocycles. The minimum Gasteiger partial charge on any atom is -0.446 e. The van der Waals surface area contributed by atoms with Crippen LogP contribution >= 0.6 is 0 Å². The summed E-state index contributed by atoms with van der Waals surface area (Å²) in [5.74, 6) is 0.324. The topological polar surface area (TPSA) is 130 Å². The summed E-state index contributed by atoms with van der Waals surface area (Å²) in [5, 5.41) is 0. The summed E-state index contributed by atoms with van der Waals surface area (Å²) in [6, 6.07) is 95.0. The van der Waals surface area contributed by atoms with E-state index in [1.807, 2.05) is 227 Å². The Morgan fingerprint density at radius 1 is 0.375 bits per heavy atom. The van der Waals surface area contributed by atoms with Gasteiger partial charge in [0.2, 0.25) is 0 Å². The Morgan fingerprint density at radius 3 is 0.875 bits per heavy atom. The molecule has 0 aliphatic rings. The van der Waals surface area contributed by atoms with Crippen LogP contribution in [0.3, 0.4) is 0 Å². The largest absolute Gasteiger partial charge is 3.00 e. The van der Waals surface area contributed by atoms with E-state index in [1.54, 1.807) is 80.5 Å². The van der Waals surface area contributed by atoms with Gasteiger partial charge in [0.25, 0.3) is 0 Å². The Hall–Kier alpha value is -9.80. The monoisotopic (exact) mass is 1510 g/mol. The van der Waals surface area contributed by atoms with Gasteiger partial charge < -0.3 is 39.4 Å². The van der Waals surface area contributed by atoms with Crippen LogP contribution in [-0.2, 0) is 49.8 Å². The summed E-state index contributed by atoms with van der Waals surface area (Å²) in [7, 11) is 0. The number of esters is 2. The number of aromatic nitrogens is 6. The van der Waals surface area contributed by atoms with Crippen LogP contribution in [0.4, 0.5) is 0 Å². The second-order valence-corrected chi connectivity index (χ2v) is 19.1. The number of pyridine rings is 6. The van der Waals surface area contributed by atoms with Gasteiger partial charge in [-0.1, -0.05) is 86.3 Å². The maximum absolute atomic E-state index is 12.1. The molecular weight excluding hydrogens is 1450 g/mol. The Morgan fingerprint density at radius 2 is 0.636 bits per heavy atom. The van der Waals surface area contributed by atoms with Crippen molar-refractivity contribution in [3.8, 4) is 79.0 Å². The van der Waals surface area contributed by atoms with Gasteiger partial charge in [0.15, 0.2) is 0 Å². The second kappa shape index (κ2) is 38.3. The fourth-order valence-electron chi connectivity index (χ4n) is 7.24. The van der Waals surface area contributed by atoms with Gasteiger partial charge in [0, 0.05) is 42.8 Å². The Labute approximate surface area is 544 Å². The number of rotatable bonds is 11. The molecule has 438 valence electrons. The smallest absolute Gasteiger partial charge is 0.446 e. The average molecular weight is 1510 g/mol. The zero-order chi connectivity index (χ0) is 60.4. The van der Waals surface area contributed by atoms with Crippen molar-refractivity contribution >= 4 is 11.9 Å². The van der Waals surface area contributed by atoms with Crippen LogP contribution in [0.15, 0.2) is 292 Å². The molecule has 0 fully saturated rings. The summed E-state index contributed by atoms with van der Waals surface area (Å²) in [6.45, 7) is 10.9. The van der Waals surface area contributed by atoms with Crippen LogP contribution < -0.4 is 9.47 Å². The van der Waals surface area contributed by atoms with E-state index in [9.17, 15) is 9.59 Å². The number of carbonyl (C=O) groups is 2. The standard InChI is InChI=1S/C17H18NO2.C15H12NO2.4C11H8N.2Ir/c1-4-17(2,3)16(19)20-14-9-7-8-13(12-14)15-10-5-6-11-18-15;1-11(2)15(17)18-13-7-5-6-12(10-13)14-8-3-4-9-16-14;4*1-2-6-10(7-3-1)11-8-4-5-9-12-11;;/h5-7,9-12H,4H2,1-3H3;3-5,7-10H,1H2,2H3;4*1-6,8-9H;;/q6*-1;2*+3. The molecular formula is C76H62Ir2N6O4. The van der Waals surface area contributed by atoms with Crippen molar-refractivity contribution in [2.75, 3.05) is 0 Å². The molecule has 0 unspecified atom stereocenters. The quantitative estimate of drug-likeness (QED) is 0.0534. The minimum absolute atomic E-state index is 0. The third-order valence-electron chi connectivity index (χ3n) is 12.2. The van der Waals surface area contributed by atoms with Gasteiger partial charge in [0.05, 0.1) is 16.9 Å². The van der Waals surface area contributed by atoms with E-state index >= 15 is 0 Å². The third-order valence-corrected chi connectivity index (χ3v) is 12.2. The zero-order valence-corrected chi connectivity index (χ0v) is 53.7. The molecule has 6 aromatic heterocycles. The Kier molecular flexibility index (Phi) is 30.0. The molecule has 0 bridgehead atoms. The van der Waals surface area contributed by atoms with Crippen LogP contribution in [-0.4, -0.2) is 41.8 Å². The molecule has 0 aliphatic heterocycles. The Balaban J connectivity index is 0.000000194. The molecule has 0 N–H and O–H groups in total. The van der Waals surface area contributed by atoms with Crippen LogP contribution in [0.25, 0.3) is 67.5 Å². The maximum Gasteiger partial charge on any atom is 3.00 e. The van der Waals surface area contributed by atoms with E-state index in [4.69, 9.17) is 9.47 Å². The SMILES string of the molecule is C=C(C)C(=O)Oc1cc[c-]c(-c2ccccn2)c1.CCC(C)(C)C(=O)Oc1cc[c-]c(-c2ccccn2)c1.[Ir+3].[Ir+3].[c-]1ccccc1-c1ccccn1.[c-]1ccccc1-c1ccccn1.[c-]1ccccc1-c1ccccn1.[c-]1ccccc1-c1ccccn1. The van der Waals surface area contributed by atoms with Crippen molar-refractivity contribution in [1.82, 2.24) is 29.9 Å². The predicted molar refractivity (Wildman–Crippen MR) is 341 cm³/mol. The molecule has 0 radical (unpaired) electrons. The van der Waals surface area contributed by atoms with Crippen molar-refractivity contribution in [3.63, 3.8) is 0 Å². The molecule has 0 aliphatic carbocycles. The van der Waals surface area contributed by atoms with Crippen molar-refractivity contribution in [3.05, 3.63) is 328 Å². The van der Waals surface area contributed by atoms with Crippen LogP contribution in [0.2, 0.25) is 0 Å². The minimum atomic E-state index is -0.481. The number of benzene rings is 6. The molecule has 0 amide bonds. The third kappa shape index (κ3) is 23.6. The molecule has 0 atom stereocenters. The summed E-state index contributed by atoms with van der Waals surface area (Å²) in [5.41, 5.74) is 11.1. The average Bonchev–Trinajstić information content (AvgIpc) is 3.63. The van der Waals surface area contributed by atoms with Crippen molar-refractivity contribution in [2.45, 2.75) is 34.1 Å². The first-order valence-electron chi connectivity index (χ1n) is 27.5. The fraction of sp³-hybridized carbons (Fsp3) is 0.0789. The number of hydrogen-bond donors (Lipinski definition) is 0. The van der Waals surface area contributed by atoms with Crippen molar-refractivity contribution < 1.29 is 59.3 Å². The molecule has 10 nitrogen and oxygen atoms in total. The van der Waals surface area contributed by atoms with Gasteiger partial charge in [-0.3, -0.25) is 4.79 Å². The van der Waals surface area contributed by atoms with Crippen LogP contribution in [0.1, 0.15) is 34.1 Å². The number of carbonyl (C=O) groups excluding carboxylic acids is 2.